The SMILES string of the molecule is CCOC(=O)[C@H]1NCC(=S)C1C(=O)CC1Cc2ccccc2C1. The van der Waals surface area contributed by atoms with E-state index < -0.39 is 12.0 Å². The van der Waals surface area contributed by atoms with Crippen molar-refractivity contribution in [2.75, 3.05) is 13.2 Å². The van der Waals surface area contributed by atoms with Gasteiger partial charge in [0.1, 0.15) is 11.8 Å². The molecule has 0 aromatic heterocycles. The van der Waals surface area contributed by atoms with Crippen LogP contribution in [0.25, 0.3) is 0 Å². The second kappa shape index (κ2) is 6.89. The van der Waals surface area contributed by atoms with Gasteiger partial charge in [0.25, 0.3) is 0 Å². The molecule has 0 saturated carbocycles. The maximum absolute atomic E-state index is 12.7. The van der Waals surface area contributed by atoms with Crippen LogP contribution in [0.2, 0.25) is 0 Å². The molecule has 1 N–H and O–H groups in total. The predicted molar refractivity (Wildman–Crippen MR) is 91.5 cm³/mol. The van der Waals surface area contributed by atoms with E-state index in [0.717, 1.165) is 12.8 Å². The van der Waals surface area contributed by atoms with E-state index in [1.165, 1.54) is 11.1 Å². The molecule has 4 nitrogen and oxygen atoms in total. The van der Waals surface area contributed by atoms with Crippen molar-refractivity contribution in [3.05, 3.63) is 35.4 Å². The van der Waals surface area contributed by atoms with Crippen molar-refractivity contribution in [3.63, 3.8) is 0 Å². The second-order valence-electron chi connectivity index (χ2n) is 6.27. The molecule has 2 atom stereocenters. The van der Waals surface area contributed by atoms with Crippen LogP contribution in [0, 0.1) is 11.8 Å². The van der Waals surface area contributed by atoms with Crippen molar-refractivity contribution in [1.82, 2.24) is 5.32 Å². The highest BCUT2D eigenvalue weighted by molar-refractivity contribution is 7.80. The molecule has 3 rings (SSSR count). The number of hydrogen-bond acceptors (Lipinski definition) is 5. The third kappa shape index (κ3) is 3.35. The van der Waals surface area contributed by atoms with Crippen molar-refractivity contribution in [2.24, 2.45) is 11.8 Å². The van der Waals surface area contributed by atoms with Crippen LogP contribution in [-0.4, -0.2) is 35.8 Å². The lowest BCUT2D eigenvalue weighted by Gasteiger charge is -2.18. The van der Waals surface area contributed by atoms with E-state index in [4.69, 9.17) is 17.0 Å². The summed E-state index contributed by atoms with van der Waals surface area (Å²) < 4.78 is 5.06. The fraction of sp³-hybridized carbons (Fsp3) is 0.500. The topological polar surface area (TPSA) is 55.4 Å². The molecule has 0 amide bonds. The standard InChI is InChI=1S/C18H21NO3S/c1-2-22-18(21)17-16(15(23)10-19-17)14(20)9-11-7-12-5-3-4-6-13(12)8-11/h3-6,11,16-17,19H,2,7-10H2,1H3/t16?,17-/m0/s1. The van der Waals surface area contributed by atoms with E-state index in [1.807, 2.05) is 12.1 Å². The number of benzene rings is 1. The molecule has 122 valence electrons. The van der Waals surface area contributed by atoms with Crippen molar-refractivity contribution in [3.8, 4) is 0 Å². The average Bonchev–Trinajstić information content (AvgIpc) is 3.10. The summed E-state index contributed by atoms with van der Waals surface area (Å²) in [5.41, 5.74) is 2.67. The van der Waals surface area contributed by atoms with Gasteiger partial charge in [0.2, 0.25) is 0 Å². The molecule has 2 aliphatic rings. The number of hydrogen-bond donors (Lipinski definition) is 1. The Kier molecular flexibility index (Phi) is 4.87. The van der Waals surface area contributed by atoms with Crippen LogP contribution in [0.3, 0.4) is 0 Å². The molecule has 1 fully saturated rings. The number of thiocarbonyl (C=S) groups is 1. The molecule has 1 aliphatic heterocycles. The van der Waals surface area contributed by atoms with Crippen LogP contribution in [0.1, 0.15) is 24.5 Å². The zero-order chi connectivity index (χ0) is 16.4. The third-order valence-electron chi connectivity index (χ3n) is 4.69. The highest BCUT2D eigenvalue weighted by atomic mass is 32.1. The highest BCUT2D eigenvalue weighted by Gasteiger charge is 2.42. The van der Waals surface area contributed by atoms with E-state index in [2.05, 4.69) is 17.4 Å². The van der Waals surface area contributed by atoms with Crippen LogP contribution < -0.4 is 5.32 Å². The lowest BCUT2D eigenvalue weighted by Crippen LogP contribution is -2.41. The molecule has 1 aromatic rings. The lowest BCUT2D eigenvalue weighted by atomic mass is 9.88. The van der Waals surface area contributed by atoms with Gasteiger partial charge in [0, 0.05) is 17.8 Å². The van der Waals surface area contributed by atoms with Gasteiger partial charge in [-0.25, -0.2) is 0 Å². The Balaban J connectivity index is 1.65. The van der Waals surface area contributed by atoms with Gasteiger partial charge in [-0.1, -0.05) is 36.5 Å². The molecule has 1 aliphatic carbocycles. The maximum Gasteiger partial charge on any atom is 0.324 e. The number of ether oxygens (including phenoxy) is 1. The zero-order valence-electron chi connectivity index (χ0n) is 13.2. The molecule has 1 aromatic carbocycles. The Hall–Kier alpha value is -1.59. The Morgan fingerprint density at radius 2 is 1.91 bits per heavy atom. The maximum atomic E-state index is 12.7. The van der Waals surface area contributed by atoms with Gasteiger partial charge in [0.05, 0.1) is 12.5 Å². The van der Waals surface area contributed by atoms with Crippen LogP contribution in [0.4, 0.5) is 0 Å². The number of esters is 1. The molecule has 1 heterocycles. The van der Waals surface area contributed by atoms with Gasteiger partial charge in [-0.2, -0.15) is 0 Å². The van der Waals surface area contributed by atoms with E-state index in [9.17, 15) is 9.59 Å². The molecule has 0 bridgehead atoms. The molecule has 1 saturated heterocycles. The number of fused-ring (bicyclic) bond motifs is 1. The number of carbonyl (C=O) groups excluding carboxylic acids is 2. The molecule has 23 heavy (non-hydrogen) atoms. The van der Waals surface area contributed by atoms with Crippen molar-refractivity contribution in [2.45, 2.75) is 32.2 Å². The predicted octanol–water partition coefficient (Wildman–Crippen LogP) is 1.88. The van der Waals surface area contributed by atoms with Crippen LogP contribution in [0.5, 0.6) is 0 Å². The minimum atomic E-state index is -0.612. The first-order valence-electron chi connectivity index (χ1n) is 8.12. The minimum absolute atomic E-state index is 0.0656. The van der Waals surface area contributed by atoms with Gasteiger partial charge in [-0.15, -0.1) is 0 Å². The van der Waals surface area contributed by atoms with E-state index in [1.54, 1.807) is 6.92 Å². The third-order valence-corrected chi connectivity index (χ3v) is 5.09. The van der Waals surface area contributed by atoms with E-state index >= 15 is 0 Å². The lowest BCUT2D eigenvalue weighted by molar-refractivity contribution is -0.147. The van der Waals surface area contributed by atoms with Crippen molar-refractivity contribution in [1.29, 1.82) is 0 Å². The summed E-state index contributed by atoms with van der Waals surface area (Å²) in [5.74, 6) is -0.518. The second-order valence-corrected chi connectivity index (χ2v) is 6.79. The fourth-order valence-corrected chi connectivity index (χ4v) is 4.00. The molecular formula is C18H21NO3S. The van der Waals surface area contributed by atoms with Gasteiger partial charge in [-0.3, -0.25) is 14.9 Å². The van der Waals surface area contributed by atoms with Gasteiger partial charge < -0.3 is 4.74 Å². The molecule has 1 unspecified atom stereocenters. The summed E-state index contributed by atoms with van der Waals surface area (Å²) in [6.45, 7) is 2.50. The van der Waals surface area contributed by atoms with Crippen molar-refractivity contribution < 1.29 is 14.3 Å². The van der Waals surface area contributed by atoms with E-state index in [-0.39, 0.29) is 11.8 Å². The highest BCUT2D eigenvalue weighted by Crippen LogP contribution is 2.30. The first-order chi connectivity index (χ1) is 11.1. The van der Waals surface area contributed by atoms with Gasteiger partial charge in [0.15, 0.2) is 0 Å². The molecule has 5 heteroatoms. The summed E-state index contributed by atoms with van der Waals surface area (Å²) in [5, 5.41) is 3.03. The Labute approximate surface area is 141 Å². The first-order valence-corrected chi connectivity index (χ1v) is 8.53. The molecule has 0 radical (unpaired) electrons. The minimum Gasteiger partial charge on any atom is -0.465 e. The summed E-state index contributed by atoms with van der Waals surface area (Å²) in [6.07, 6.45) is 2.33. The Morgan fingerprint density at radius 1 is 1.26 bits per heavy atom. The number of rotatable bonds is 5. The van der Waals surface area contributed by atoms with Gasteiger partial charge >= 0.3 is 5.97 Å². The van der Waals surface area contributed by atoms with Crippen LogP contribution >= 0.6 is 12.2 Å². The fourth-order valence-electron chi connectivity index (χ4n) is 3.65. The Bertz CT molecular complexity index is 618. The van der Waals surface area contributed by atoms with Crippen LogP contribution in [0.15, 0.2) is 24.3 Å². The zero-order valence-corrected chi connectivity index (χ0v) is 14.0. The first kappa shape index (κ1) is 16.3. The summed E-state index contributed by atoms with van der Waals surface area (Å²) in [4.78, 5) is 25.4. The molecular weight excluding hydrogens is 310 g/mol. The number of Topliss-reactive ketones (excluding diaryl/α,β-unsaturated/α-hetero) is 1. The number of nitrogens with one attached hydrogen (secondary N) is 1. The normalized spacial score (nSPS) is 23.8. The largest absolute Gasteiger partial charge is 0.465 e. The summed E-state index contributed by atoms with van der Waals surface area (Å²) in [7, 11) is 0. The quantitative estimate of drug-likeness (QED) is 0.659. The summed E-state index contributed by atoms with van der Waals surface area (Å²) in [6, 6.07) is 7.72. The van der Waals surface area contributed by atoms with Crippen molar-refractivity contribution >= 4 is 28.8 Å². The van der Waals surface area contributed by atoms with E-state index in [0.29, 0.717) is 30.4 Å². The average molecular weight is 331 g/mol. The van der Waals surface area contributed by atoms with Gasteiger partial charge in [-0.05, 0) is 36.8 Å². The summed E-state index contributed by atoms with van der Waals surface area (Å²) >= 11 is 5.32. The smallest absolute Gasteiger partial charge is 0.324 e. The monoisotopic (exact) mass is 331 g/mol. The molecule has 0 spiro atoms. The number of carbonyl (C=O) groups is 2. The Morgan fingerprint density at radius 3 is 2.52 bits per heavy atom. The van der Waals surface area contributed by atoms with Crippen LogP contribution in [-0.2, 0) is 27.2 Å². The number of ketones is 1.